The first-order chi connectivity index (χ1) is 30.0. The molecule has 0 saturated carbocycles. The molecule has 0 aliphatic carbocycles. The minimum absolute atomic E-state index is 0.356. The molecule has 0 rings (SSSR count). The molecule has 0 aliphatic heterocycles. The van der Waals surface area contributed by atoms with Crippen molar-refractivity contribution in [2.75, 3.05) is 6.61 Å². The van der Waals surface area contributed by atoms with E-state index in [9.17, 15) is 25.2 Å². The second kappa shape index (κ2) is 49.3. The van der Waals surface area contributed by atoms with Gasteiger partial charge < -0.3 is 25.7 Å². The molecule has 6 nitrogen and oxygen atoms in total. The zero-order valence-corrected chi connectivity index (χ0v) is 40.4. The molecule has 5 N–H and O–H groups in total. The van der Waals surface area contributed by atoms with E-state index in [0.717, 1.165) is 51.4 Å². The first-order valence-electron chi connectivity index (χ1n) is 26.5. The number of aliphatic hydroxyl groups is 4. The van der Waals surface area contributed by atoms with Crippen LogP contribution in [0.15, 0.2) is 48.6 Å². The van der Waals surface area contributed by atoms with Gasteiger partial charge in [-0.15, -0.1) is 0 Å². The molecule has 0 aliphatic rings. The lowest BCUT2D eigenvalue weighted by atomic mass is 10.00. The molecule has 4 atom stereocenters. The van der Waals surface area contributed by atoms with Crippen LogP contribution in [0.3, 0.4) is 0 Å². The fourth-order valence-electron chi connectivity index (χ4n) is 8.02. The smallest absolute Gasteiger partial charge is 0.249 e. The molecular weight excluding hydrogens is 755 g/mol. The van der Waals surface area contributed by atoms with E-state index in [4.69, 9.17) is 0 Å². The van der Waals surface area contributed by atoms with Crippen molar-refractivity contribution in [2.45, 2.75) is 289 Å². The SMILES string of the molecule is CCCCCCCC/C=C/CC/C=C/CC/C=C/CCCC(O)C(O)C(CO)NC(=O)C(O)CCCCCCCCCCCC/C=C\CCCCCCCCCCCCCC. The van der Waals surface area contributed by atoms with Gasteiger partial charge in [0.05, 0.1) is 18.8 Å². The third-order valence-corrected chi connectivity index (χ3v) is 12.2. The Morgan fingerprint density at radius 1 is 0.393 bits per heavy atom. The van der Waals surface area contributed by atoms with E-state index in [1.807, 2.05) is 0 Å². The number of unbranched alkanes of at least 4 members (excludes halogenated alkanes) is 31. The summed E-state index contributed by atoms with van der Waals surface area (Å²) < 4.78 is 0. The van der Waals surface area contributed by atoms with Crippen molar-refractivity contribution in [2.24, 2.45) is 0 Å². The fraction of sp³-hybridized carbons (Fsp3) is 0.836. The van der Waals surface area contributed by atoms with E-state index in [1.165, 1.54) is 180 Å². The highest BCUT2D eigenvalue weighted by Gasteiger charge is 2.28. The summed E-state index contributed by atoms with van der Waals surface area (Å²) in [6.07, 6.45) is 61.6. The number of amides is 1. The molecule has 0 radical (unpaired) electrons. The Kier molecular flexibility index (Phi) is 47.9. The summed E-state index contributed by atoms with van der Waals surface area (Å²) in [6, 6.07) is -1.01. The Balaban J connectivity index is 3.72. The summed E-state index contributed by atoms with van der Waals surface area (Å²) in [5.41, 5.74) is 0. The van der Waals surface area contributed by atoms with Crippen LogP contribution in [-0.2, 0) is 4.79 Å². The van der Waals surface area contributed by atoms with Crippen molar-refractivity contribution in [1.29, 1.82) is 0 Å². The van der Waals surface area contributed by atoms with Gasteiger partial charge in [-0.3, -0.25) is 4.79 Å². The second-order valence-corrected chi connectivity index (χ2v) is 18.2. The van der Waals surface area contributed by atoms with E-state index in [2.05, 4.69) is 67.8 Å². The van der Waals surface area contributed by atoms with Crippen LogP contribution in [0.1, 0.15) is 264 Å². The van der Waals surface area contributed by atoms with Gasteiger partial charge in [0.1, 0.15) is 12.2 Å². The Hall–Kier alpha value is -1.73. The van der Waals surface area contributed by atoms with Gasteiger partial charge in [-0.1, -0.05) is 223 Å². The van der Waals surface area contributed by atoms with Crippen LogP contribution < -0.4 is 5.32 Å². The number of allylic oxidation sites excluding steroid dienone is 8. The molecule has 358 valence electrons. The Labute approximate surface area is 379 Å². The van der Waals surface area contributed by atoms with Crippen LogP contribution in [0.25, 0.3) is 0 Å². The summed E-state index contributed by atoms with van der Waals surface area (Å²) in [5.74, 6) is -0.600. The highest BCUT2D eigenvalue weighted by molar-refractivity contribution is 5.80. The molecule has 0 aromatic heterocycles. The van der Waals surface area contributed by atoms with E-state index in [1.54, 1.807) is 0 Å². The van der Waals surface area contributed by atoms with Gasteiger partial charge in [0.2, 0.25) is 5.91 Å². The van der Waals surface area contributed by atoms with Crippen molar-refractivity contribution in [1.82, 2.24) is 5.32 Å². The molecular formula is C55H103NO5. The van der Waals surface area contributed by atoms with Crippen LogP contribution in [0.5, 0.6) is 0 Å². The lowest BCUT2D eigenvalue weighted by molar-refractivity contribution is -0.132. The van der Waals surface area contributed by atoms with Crippen LogP contribution >= 0.6 is 0 Å². The van der Waals surface area contributed by atoms with E-state index < -0.39 is 36.9 Å². The largest absolute Gasteiger partial charge is 0.394 e. The number of aliphatic hydroxyl groups excluding tert-OH is 4. The van der Waals surface area contributed by atoms with Crippen molar-refractivity contribution in [3.05, 3.63) is 48.6 Å². The van der Waals surface area contributed by atoms with Gasteiger partial charge in [-0.2, -0.15) is 0 Å². The normalized spacial score (nSPS) is 14.3. The maximum Gasteiger partial charge on any atom is 0.249 e. The Morgan fingerprint density at radius 2 is 0.689 bits per heavy atom. The standard InChI is InChI=1S/C55H103NO5/c1-3-5-7-9-11-13-15-17-19-21-23-24-25-26-27-28-29-31-33-35-37-39-41-43-45-47-49-53(59)55(61)56-51(50-57)54(60)52(58)48-46-44-42-40-38-36-34-32-30-22-20-18-16-14-12-10-8-6-4-2/h18,20,26-27,32,34,40,42,51-54,57-60H,3-17,19,21-25,28-31,33,35-39,41,43-50H2,1-2H3,(H,56,61)/b20-18+,27-26-,34-32+,42-40+. The number of rotatable bonds is 48. The second-order valence-electron chi connectivity index (χ2n) is 18.2. The summed E-state index contributed by atoms with van der Waals surface area (Å²) >= 11 is 0. The van der Waals surface area contributed by atoms with Gasteiger partial charge in [0, 0.05) is 0 Å². The van der Waals surface area contributed by atoms with E-state index in [-0.39, 0.29) is 0 Å². The lowest BCUT2D eigenvalue weighted by Crippen LogP contribution is -2.53. The molecule has 0 saturated heterocycles. The number of carbonyl (C=O) groups excluding carboxylic acids is 1. The molecule has 1 amide bonds. The predicted molar refractivity (Wildman–Crippen MR) is 265 cm³/mol. The molecule has 61 heavy (non-hydrogen) atoms. The molecule has 0 spiro atoms. The minimum Gasteiger partial charge on any atom is -0.394 e. The average molecular weight is 858 g/mol. The van der Waals surface area contributed by atoms with Gasteiger partial charge in [0.15, 0.2) is 0 Å². The number of carbonyl (C=O) groups is 1. The monoisotopic (exact) mass is 858 g/mol. The summed E-state index contributed by atoms with van der Waals surface area (Å²) in [4.78, 5) is 12.6. The summed E-state index contributed by atoms with van der Waals surface area (Å²) in [7, 11) is 0. The molecule has 0 aromatic carbocycles. The average Bonchev–Trinajstić information content (AvgIpc) is 3.26. The quantitative estimate of drug-likeness (QED) is 0.0309. The van der Waals surface area contributed by atoms with Crippen LogP contribution in [-0.4, -0.2) is 57.3 Å². The topological polar surface area (TPSA) is 110 Å². The van der Waals surface area contributed by atoms with E-state index >= 15 is 0 Å². The van der Waals surface area contributed by atoms with Crippen molar-refractivity contribution in [3.63, 3.8) is 0 Å². The maximum absolute atomic E-state index is 12.6. The van der Waals surface area contributed by atoms with Crippen molar-refractivity contribution in [3.8, 4) is 0 Å². The third kappa shape index (κ3) is 43.3. The zero-order valence-electron chi connectivity index (χ0n) is 40.4. The molecule has 0 bridgehead atoms. The minimum atomic E-state index is -1.30. The van der Waals surface area contributed by atoms with Gasteiger partial charge in [0.25, 0.3) is 0 Å². The van der Waals surface area contributed by atoms with Crippen LogP contribution in [0.4, 0.5) is 0 Å². The Morgan fingerprint density at radius 3 is 1.03 bits per heavy atom. The molecule has 4 unspecified atom stereocenters. The maximum atomic E-state index is 12.6. The summed E-state index contributed by atoms with van der Waals surface area (Å²) in [6.45, 7) is 4.04. The fourth-order valence-corrected chi connectivity index (χ4v) is 8.02. The number of hydrogen-bond acceptors (Lipinski definition) is 5. The van der Waals surface area contributed by atoms with Crippen LogP contribution in [0.2, 0.25) is 0 Å². The van der Waals surface area contributed by atoms with E-state index in [0.29, 0.717) is 19.3 Å². The highest BCUT2D eigenvalue weighted by atomic mass is 16.3. The van der Waals surface area contributed by atoms with Gasteiger partial charge >= 0.3 is 0 Å². The first kappa shape index (κ1) is 59.3. The number of hydrogen-bond donors (Lipinski definition) is 5. The first-order valence-corrected chi connectivity index (χ1v) is 26.5. The number of nitrogens with one attached hydrogen (secondary N) is 1. The van der Waals surface area contributed by atoms with Gasteiger partial charge in [-0.05, 0) is 89.9 Å². The molecule has 0 heterocycles. The third-order valence-electron chi connectivity index (χ3n) is 12.2. The molecule has 0 aromatic rings. The lowest BCUT2D eigenvalue weighted by Gasteiger charge is -2.27. The van der Waals surface area contributed by atoms with Crippen molar-refractivity contribution < 1.29 is 25.2 Å². The zero-order chi connectivity index (χ0) is 44.5. The van der Waals surface area contributed by atoms with Crippen LogP contribution in [0, 0.1) is 0 Å². The molecule has 0 fully saturated rings. The van der Waals surface area contributed by atoms with Crippen molar-refractivity contribution >= 4 is 5.91 Å². The summed E-state index contributed by atoms with van der Waals surface area (Å²) in [5, 5.41) is 43.9. The molecule has 6 heteroatoms. The van der Waals surface area contributed by atoms with Gasteiger partial charge in [-0.25, -0.2) is 0 Å². The Bertz CT molecular complexity index is 1010. The predicted octanol–water partition coefficient (Wildman–Crippen LogP) is 15.0. The highest BCUT2D eigenvalue weighted by Crippen LogP contribution is 2.16.